The van der Waals surface area contributed by atoms with E-state index in [1.165, 1.54) is 12.1 Å². The molecular formula is C15H20ClN3O4S. The minimum absolute atomic E-state index is 0. The fourth-order valence-corrected chi connectivity index (χ4v) is 3.17. The molecule has 0 bridgehead atoms. The zero-order valence-electron chi connectivity index (χ0n) is 13.3. The number of hydrogen-bond acceptors (Lipinski definition) is 5. The van der Waals surface area contributed by atoms with Gasteiger partial charge < -0.3 is 15.5 Å². The number of amides is 1. The lowest BCUT2D eigenvalue weighted by Gasteiger charge is -2.08. The lowest BCUT2D eigenvalue weighted by atomic mass is 10.2. The van der Waals surface area contributed by atoms with Crippen LogP contribution in [0, 0.1) is 13.8 Å². The highest BCUT2D eigenvalue weighted by atomic mass is 35.5. The standard InChI is InChI=1S/C15H19N3O4S.ClH/c1-10-8-11(2)22-14(10)15(19)18-12-4-3-5-13(9-12)23(20,21)17-7-6-16;/h3-5,8-9,17H,6-7,16H2,1-2H3,(H,18,19);1H. The Morgan fingerprint density at radius 3 is 2.54 bits per heavy atom. The van der Waals surface area contributed by atoms with Crippen LogP contribution in [0.15, 0.2) is 39.6 Å². The molecule has 1 heterocycles. The summed E-state index contributed by atoms with van der Waals surface area (Å²) in [7, 11) is -3.65. The summed E-state index contributed by atoms with van der Waals surface area (Å²) in [4.78, 5) is 12.2. The predicted octanol–water partition coefficient (Wildman–Crippen LogP) is 1.81. The SMILES string of the molecule is Cc1cc(C)c(C(=O)Nc2cccc(S(=O)(=O)NCCN)c2)o1.Cl. The third kappa shape index (κ3) is 4.81. The fourth-order valence-electron chi connectivity index (χ4n) is 2.07. The molecule has 7 nitrogen and oxygen atoms in total. The van der Waals surface area contributed by atoms with Crippen LogP contribution >= 0.6 is 12.4 Å². The van der Waals surface area contributed by atoms with E-state index in [2.05, 4.69) is 10.0 Å². The summed E-state index contributed by atoms with van der Waals surface area (Å²) in [6, 6.07) is 7.73. The highest BCUT2D eigenvalue weighted by Gasteiger charge is 2.17. The normalized spacial score (nSPS) is 11.0. The predicted molar refractivity (Wildman–Crippen MR) is 94.1 cm³/mol. The lowest BCUT2D eigenvalue weighted by Crippen LogP contribution is -2.29. The van der Waals surface area contributed by atoms with Crippen molar-refractivity contribution in [1.82, 2.24) is 4.72 Å². The Morgan fingerprint density at radius 2 is 1.96 bits per heavy atom. The maximum absolute atomic E-state index is 12.2. The quantitative estimate of drug-likeness (QED) is 0.714. The average molecular weight is 374 g/mol. The van der Waals surface area contributed by atoms with Crippen LogP contribution in [0.2, 0.25) is 0 Å². The van der Waals surface area contributed by atoms with E-state index in [9.17, 15) is 13.2 Å². The second kappa shape index (κ2) is 8.29. The van der Waals surface area contributed by atoms with Crippen molar-refractivity contribution in [3.05, 3.63) is 47.4 Å². The first kappa shape index (κ1) is 20.2. The average Bonchev–Trinajstić information content (AvgIpc) is 2.84. The smallest absolute Gasteiger partial charge is 0.291 e. The van der Waals surface area contributed by atoms with Gasteiger partial charge in [0.05, 0.1) is 4.90 Å². The first-order valence-electron chi connectivity index (χ1n) is 7.01. The molecule has 4 N–H and O–H groups in total. The lowest BCUT2D eigenvalue weighted by molar-refractivity contribution is 0.0994. The second-order valence-electron chi connectivity index (χ2n) is 5.04. The number of sulfonamides is 1. The van der Waals surface area contributed by atoms with Gasteiger partial charge >= 0.3 is 0 Å². The van der Waals surface area contributed by atoms with Gasteiger partial charge in [0.1, 0.15) is 5.76 Å². The van der Waals surface area contributed by atoms with E-state index < -0.39 is 15.9 Å². The highest BCUT2D eigenvalue weighted by Crippen LogP contribution is 2.18. The zero-order chi connectivity index (χ0) is 17.0. The van der Waals surface area contributed by atoms with E-state index in [0.29, 0.717) is 17.0 Å². The van der Waals surface area contributed by atoms with Gasteiger partial charge in [-0.3, -0.25) is 4.79 Å². The van der Waals surface area contributed by atoms with Crippen LogP contribution < -0.4 is 15.8 Å². The third-order valence-electron chi connectivity index (χ3n) is 3.09. The third-order valence-corrected chi connectivity index (χ3v) is 4.54. The molecule has 2 rings (SSSR count). The molecule has 0 fully saturated rings. The molecule has 0 aliphatic carbocycles. The first-order valence-corrected chi connectivity index (χ1v) is 8.50. The summed E-state index contributed by atoms with van der Waals surface area (Å²) in [6.45, 7) is 3.86. The van der Waals surface area contributed by atoms with Crippen LogP contribution in [0.3, 0.4) is 0 Å². The second-order valence-corrected chi connectivity index (χ2v) is 6.80. The molecule has 1 amide bonds. The van der Waals surface area contributed by atoms with Crippen molar-refractivity contribution in [2.45, 2.75) is 18.7 Å². The Hall–Kier alpha value is -1.87. The minimum atomic E-state index is -3.65. The van der Waals surface area contributed by atoms with Crippen molar-refractivity contribution < 1.29 is 17.6 Å². The van der Waals surface area contributed by atoms with Gasteiger partial charge in [0.15, 0.2) is 5.76 Å². The molecule has 0 aliphatic rings. The Balaban J connectivity index is 0.00000288. The molecule has 0 unspecified atom stereocenters. The van der Waals surface area contributed by atoms with Crippen molar-refractivity contribution in [2.75, 3.05) is 18.4 Å². The number of hydrogen-bond donors (Lipinski definition) is 3. The summed E-state index contributed by atoms with van der Waals surface area (Å²) in [5, 5.41) is 2.63. The van der Waals surface area contributed by atoms with Gasteiger partial charge in [-0.05, 0) is 38.1 Å². The van der Waals surface area contributed by atoms with Crippen molar-refractivity contribution in [2.24, 2.45) is 5.73 Å². The highest BCUT2D eigenvalue weighted by molar-refractivity contribution is 7.89. The number of nitrogens with one attached hydrogen (secondary N) is 2. The molecule has 132 valence electrons. The van der Waals surface area contributed by atoms with Gasteiger partial charge in [0.2, 0.25) is 10.0 Å². The monoisotopic (exact) mass is 373 g/mol. The van der Waals surface area contributed by atoms with Crippen molar-refractivity contribution in [3.63, 3.8) is 0 Å². The number of anilines is 1. The number of aryl methyl sites for hydroxylation is 2. The Morgan fingerprint density at radius 1 is 1.25 bits per heavy atom. The molecule has 0 spiro atoms. The Labute approximate surface area is 147 Å². The minimum Gasteiger partial charge on any atom is -0.456 e. The van der Waals surface area contributed by atoms with E-state index in [1.54, 1.807) is 32.0 Å². The van der Waals surface area contributed by atoms with Gasteiger partial charge in [-0.25, -0.2) is 13.1 Å². The number of benzene rings is 1. The molecular weight excluding hydrogens is 354 g/mol. The first-order chi connectivity index (χ1) is 10.8. The largest absolute Gasteiger partial charge is 0.456 e. The molecule has 1 aromatic carbocycles. The maximum Gasteiger partial charge on any atom is 0.291 e. The summed E-state index contributed by atoms with van der Waals surface area (Å²) in [6.07, 6.45) is 0. The number of rotatable bonds is 6. The van der Waals surface area contributed by atoms with Crippen LogP contribution in [0.4, 0.5) is 5.69 Å². The van der Waals surface area contributed by atoms with Crippen LogP contribution in [0.5, 0.6) is 0 Å². The number of carbonyl (C=O) groups excluding carboxylic acids is 1. The van der Waals surface area contributed by atoms with Gasteiger partial charge in [-0.1, -0.05) is 6.07 Å². The van der Waals surface area contributed by atoms with Crippen molar-refractivity contribution in [3.8, 4) is 0 Å². The molecule has 9 heteroatoms. The van der Waals surface area contributed by atoms with E-state index in [0.717, 1.165) is 0 Å². The van der Waals surface area contributed by atoms with Gasteiger partial charge in [-0.2, -0.15) is 0 Å². The van der Waals surface area contributed by atoms with E-state index >= 15 is 0 Å². The molecule has 0 saturated heterocycles. The number of furan rings is 1. The Kier molecular flexibility index (Phi) is 6.97. The van der Waals surface area contributed by atoms with Crippen LogP contribution in [0.25, 0.3) is 0 Å². The number of carbonyl (C=O) groups is 1. The molecule has 0 aliphatic heterocycles. The molecule has 24 heavy (non-hydrogen) atoms. The number of halogens is 1. The fraction of sp³-hybridized carbons (Fsp3) is 0.267. The van der Waals surface area contributed by atoms with Crippen LogP contribution in [-0.2, 0) is 10.0 Å². The zero-order valence-corrected chi connectivity index (χ0v) is 15.0. The maximum atomic E-state index is 12.2. The van der Waals surface area contributed by atoms with Crippen LogP contribution in [0.1, 0.15) is 21.9 Å². The number of nitrogens with two attached hydrogens (primary N) is 1. The molecule has 0 atom stereocenters. The van der Waals surface area contributed by atoms with Gasteiger partial charge in [0.25, 0.3) is 5.91 Å². The van der Waals surface area contributed by atoms with Gasteiger partial charge in [0, 0.05) is 24.3 Å². The molecule has 0 saturated carbocycles. The van der Waals surface area contributed by atoms with Crippen molar-refractivity contribution in [1.29, 1.82) is 0 Å². The molecule has 2 aromatic rings. The summed E-state index contributed by atoms with van der Waals surface area (Å²) in [5.74, 6) is 0.409. The Bertz CT molecular complexity index is 818. The van der Waals surface area contributed by atoms with Crippen LogP contribution in [-0.4, -0.2) is 27.4 Å². The van der Waals surface area contributed by atoms with Crippen molar-refractivity contribution >= 4 is 34.0 Å². The van der Waals surface area contributed by atoms with E-state index in [1.807, 2.05) is 0 Å². The summed E-state index contributed by atoms with van der Waals surface area (Å²) >= 11 is 0. The summed E-state index contributed by atoms with van der Waals surface area (Å²) < 4.78 is 31.8. The molecule has 0 radical (unpaired) electrons. The van der Waals surface area contributed by atoms with Gasteiger partial charge in [-0.15, -0.1) is 12.4 Å². The van der Waals surface area contributed by atoms with E-state index in [-0.39, 0.29) is 36.2 Å². The topological polar surface area (TPSA) is 114 Å². The van der Waals surface area contributed by atoms with E-state index in [4.69, 9.17) is 10.2 Å². The molecule has 1 aromatic heterocycles. The summed E-state index contributed by atoms with van der Waals surface area (Å²) in [5.41, 5.74) is 6.37.